The third kappa shape index (κ3) is 8.49. The Morgan fingerprint density at radius 1 is 1.08 bits per heavy atom. The quantitative estimate of drug-likeness (QED) is 0.379. The summed E-state index contributed by atoms with van der Waals surface area (Å²) in [5.41, 5.74) is -1.41. The van der Waals surface area contributed by atoms with Gasteiger partial charge in [0.2, 0.25) is 0 Å². The Kier molecular flexibility index (Phi) is 9.65. The van der Waals surface area contributed by atoms with Crippen molar-refractivity contribution in [1.82, 2.24) is 10.2 Å². The van der Waals surface area contributed by atoms with Crippen LogP contribution in [0.25, 0.3) is 0 Å². The van der Waals surface area contributed by atoms with Crippen LogP contribution in [0.5, 0.6) is 0 Å². The third-order valence-corrected chi connectivity index (χ3v) is 6.06. The van der Waals surface area contributed by atoms with E-state index < -0.39 is 40.6 Å². The fraction of sp³-hybridized carbons (Fsp3) is 0.643. The molecule has 1 aromatic rings. The van der Waals surface area contributed by atoms with Crippen LogP contribution in [0.15, 0.2) is 35.5 Å². The number of nitrogens with zero attached hydrogens (tertiary/aromatic N) is 1. The summed E-state index contributed by atoms with van der Waals surface area (Å²) in [6.45, 7) is 13.8. The summed E-state index contributed by atoms with van der Waals surface area (Å²) >= 11 is 6.16. The van der Waals surface area contributed by atoms with Crippen LogP contribution in [-0.2, 0) is 19.1 Å². The van der Waals surface area contributed by atoms with Crippen molar-refractivity contribution in [3.63, 3.8) is 0 Å². The molecule has 0 amide bonds. The first kappa shape index (κ1) is 30.1. The van der Waals surface area contributed by atoms with Crippen molar-refractivity contribution in [2.45, 2.75) is 84.0 Å². The number of hydrogen-bond acceptors (Lipinski definition) is 7. The maximum Gasteiger partial charge on any atom is 0.336 e. The first-order chi connectivity index (χ1) is 16.4. The molecule has 1 aliphatic carbocycles. The summed E-state index contributed by atoms with van der Waals surface area (Å²) in [5.74, 6) is -2.93. The summed E-state index contributed by atoms with van der Waals surface area (Å²) in [5, 5.41) is 15.6. The molecule has 2 N–H and O–H groups in total. The second-order valence-electron chi connectivity index (χ2n) is 12.1. The summed E-state index contributed by atoms with van der Waals surface area (Å²) in [4.78, 5) is 29.3. The maximum absolute atomic E-state index is 13.7. The molecular weight excluding hydrogens is 480 g/mol. The number of esters is 2. The second-order valence-corrected chi connectivity index (χ2v) is 12.5. The zero-order valence-electron chi connectivity index (χ0n) is 23.2. The molecule has 0 aromatic heterocycles. The van der Waals surface area contributed by atoms with Gasteiger partial charge in [0.1, 0.15) is 11.2 Å². The van der Waals surface area contributed by atoms with Crippen molar-refractivity contribution in [1.29, 1.82) is 0 Å². The highest BCUT2D eigenvalue weighted by Gasteiger charge is 2.53. The zero-order valence-corrected chi connectivity index (χ0v) is 24.0. The van der Waals surface area contributed by atoms with Gasteiger partial charge in [0.15, 0.2) is 0 Å². The highest BCUT2D eigenvalue weighted by Crippen LogP contribution is 2.48. The largest absolute Gasteiger partial charge is 0.460 e. The van der Waals surface area contributed by atoms with E-state index >= 15 is 0 Å². The van der Waals surface area contributed by atoms with Gasteiger partial charge in [-0.25, -0.2) is 4.79 Å². The van der Waals surface area contributed by atoms with Gasteiger partial charge in [-0.2, -0.15) is 0 Å². The fourth-order valence-corrected chi connectivity index (χ4v) is 4.56. The summed E-state index contributed by atoms with van der Waals surface area (Å²) < 4.78 is 11.6. The smallest absolute Gasteiger partial charge is 0.336 e. The van der Waals surface area contributed by atoms with E-state index in [1.807, 2.05) is 14.1 Å². The van der Waals surface area contributed by atoms with Gasteiger partial charge in [-0.15, -0.1) is 0 Å². The van der Waals surface area contributed by atoms with E-state index in [9.17, 15) is 14.7 Å². The summed E-state index contributed by atoms with van der Waals surface area (Å²) in [6.07, 6.45) is 0.916. The lowest BCUT2D eigenvalue weighted by Crippen LogP contribution is -2.52. The highest BCUT2D eigenvalue weighted by molar-refractivity contribution is 6.30. The minimum absolute atomic E-state index is 0.0809. The molecular formula is C28H43ClN2O5. The molecule has 8 heteroatoms. The molecule has 0 unspecified atom stereocenters. The van der Waals surface area contributed by atoms with Crippen molar-refractivity contribution >= 4 is 23.5 Å². The van der Waals surface area contributed by atoms with E-state index in [2.05, 4.69) is 10.2 Å². The van der Waals surface area contributed by atoms with Crippen LogP contribution in [-0.4, -0.2) is 65.9 Å². The lowest BCUT2D eigenvalue weighted by Gasteiger charge is -2.44. The number of ether oxygens (including phenoxy) is 2. The minimum atomic E-state index is -1.48. The molecule has 0 spiro atoms. The number of aliphatic hydroxyl groups is 1. The van der Waals surface area contributed by atoms with Crippen molar-refractivity contribution in [3.05, 3.63) is 46.1 Å². The normalized spacial score (nSPS) is 23.0. The van der Waals surface area contributed by atoms with Crippen LogP contribution in [0.3, 0.4) is 0 Å². The Hall–Kier alpha value is -2.09. The predicted octanol–water partition coefficient (Wildman–Crippen LogP) is 4.67. The highest BCUT2D eigenvalue weighted by atomic mass is 35.5. The molecule has 0 radical (unpaired) electrons. The molecule has 0 bridgehead atoms. The predicted molar refractivity (Wildman–Crippen MR) is 143 cm³/mol. The Labute approximate surface area is 221 Å². The van der Waals surface area contributed by atoms with Crippen LogP contribution in [0.1, 0.15) is 72.8 Å². The summed E-state index contributed by atoms with van der Waals surface area (Å²) in [6, 6.07) is 6.98. The molecule has 36 heavy (non-hydrogen) atoms. The van der Waals surface area contributed by atoms with Crippen LogP contribution in [0, 0.1) is 5.92 Å². The van der Waals surface area contributed by atoms with E-state index in [1.54, 1.807) is 72.7 Å². The lowest BCUT2D eigenvalue weighted by atomic mass is 9.65. The third-order valence-electron chi connectivity index (χ3n) is 5.80. The molecule has 7 nitrogen and oxygen atoms in total. The van der Waals surface area contributed by atoms with E-state index in [-0.39, 0.29) is 6.42 Å². The van der Waals surface area contributed by atoms with Gasteiger partial charge in [0.25, 0.3) is 0 Å². The van der Waals surface area contributed by atoms with Crippen molar-refractivity contribution in [2.24, 2.45) is 5.92 Å². The zero-order chi connectivity index (χ0) is 27.5. The lowest BCUT2D eigenvalue weighted by molar-refractivity contribution is -0.171. The standard InChI is InChI=1S/C28H43ClN2O5/c1-26(2,3)35-24(32)22-20(30-15-10-16-31(8)9)17-28(7,34)23(25(33)36-27(4,5)6)21(22)18-11-13-19(29)14-12-18/h11-14,21,23,30,34H,10,15-17H2,1-9H3/t21-,23+,28-/m0/s1. The molecule has 1 aliphatic rings. The van der Waals surface area contributed by atoms with E-state index in [1.165, 1.54) is 0 Å². The Bertz CT molecular complexity index is 956. The number of rotatable bonds is 8. The molecule has 0 aliphatic heterocycles. The fourth-order valence-electron chi connectivity index (χ4n) is 4.44. The van der Waals surface area contributed by atoms with Crippen molar-refractivity contribution in [2.75, 3.05) is 27.2 Å². The number of carbonyl (C=O) groups excluding carboxylic acids is 2. The number of hydrogen-bond donors (Lipinski definition) is 2. The van der Waals surface area contributed by atoms with Crippen molar-refractivity contribution in [3.8, 4) is 0 Å². The van der Waals surface area contributed by atoms with Gasteiger partial charge in [-0.1, -0.05) is 23.7 Å². The molecule has 0 fully saturated rings. The molecule has 0 saturated heterocycles. The van der Waals surface area contributed by atoms with Gasteiger partial charge in [-0.3, -0.25) is 4.79 Å². The van der Waals surface area contributed by atoms with Gasteiger partial charge in [0.05, 0.1) is 17.1 Å². The Morgan fingerprint density at radius 2 is 1.64 bits per heavy atom. The number of carbonyl (C=O) groups is 2. The first-order valence-corrected chi connectivity index (χ1v) is 12.8. The Morgan fingerprint density at radius 3 is 2.14 bits per heavy atom. The molecule has 202 valence electrons. The topological polar surface area (TPSA) is 88.1 Å². The number of benzene rings is 1. The minimum Gasteiger partial charge on any atom is -0.460 e. The van der Waals surface area contributed by atoms with Gasteiger partial charge in [-0.05, 0) is 93.2 Å². The molecule has 0 saturated carbocycles. The molecule has 0 heterocycles. The van der Waals surface area contributed by atoms with Crippen LogP contribution in [0.4, 0.5) is 0 Å². The Balaban J connectivity index is 2.70. The van der Waals surface area contributed by atoms with Crippen LogP contribution in [0.2, 0.25) is 5.02 Å². The first-order valence-electron chi connectivity index (χ1n) is 12.5. The average Bonchev–Trinajstić information content (AvgIpc) is 2.67. The van der Waals surface area contributed by atoms with Gasteiger partial charge >= 0.3 is 11.9 Å². The maximum atomic E-state index is 13.7. The molecule has 1 aromatic carbocycles. The monoisotopic (exact) mass is 522 g/mol. The molecule has 3 atom stereocenters. The SMILES string of the molecule is CN(C)CCCNC1=C(C(=O)OC(C)(C)C)[C@H](c2ccc(Cl)cc2)[C@H](C(=O)OC(C)(C)C)[C@@](C)(O)C1. The number of halogens is 1. The number of nitrogens with one attached hydrogen (secondary N) is 1. The second kappa shape index (κ2) is 11.5. The molecule has 2 rings (SSSR count). The van der Waals surface area contributed by atoms with Crippen LogP contribution < -0.4 is 5.32 Å². The van der Waals surface area contributed by atoms with Crippen LogP contribution >= 0.6 is 11.6 Å². The van der Waals surface area contributed by atoms with E-state index in [0.29, 0.717) is 28.4 Å². The van der Waals surface area contributed by atoms with Gasteiger partial charge in [0, 0.05) is 29.6 Å². The van der Waals surface area contributed by atoms with E-state index in [4.69, 9.17) is 21.1 Å². The summed E-state index contributed by atoms with van der Waals surface area (Å²) in [7, 11) is 4.00. The van der Waals surface area contributed by atoms with Gasteiger partial charge < -0.3 is 24.8 Å². The van der Waals surface area contributed by atoms with Crippen molar-refractivity contribution < 1.29 is 24.2 Å². The van der Waals surface area contributed by atoms with E-state index in [0.717, 1.165) is 13.0 Å². The average molecular weight is 523 g/mol.